The van der Waals surface area contributed by atoms with Gasteiger partial charge in [-0.05, 0) is 64.2 Å². The fourth-order valence-corrected chi connectivity index (χ4v) is 6.29. The Morgan fingerprint density at radius 2 is 0.837 bits per heavy atom. The molecule has 0 spiro atoms. The molecule has 0 saturated carbocycles. The van der Waals surface area contributed by atoms with Gasteiger partial charge in [0.15, 0.2) is 6.29 Å². The molecule has 0 radical (unpaired) electrons. The molecule has 0 aromatic heterocycles. The molecule has 0 aliphatic carbocycles. The summed E-state index contributed by atoms with van der Waals surface area (Å²) in [6.45, 7) is 5.31. The molecule has 0 aliphatic rings. The van der Waals surface area contributed by atoms with Gasteiger partial charge in [0.1, 0.15) is 0 Å². The number of rotatable bonds is 39. The lowest BCUT2D eigenvalue weighted by molar-refractivity contribution is -0.212. The highest BCUT2D eigenvalue weighted by molar-refractivity contribution is 7.46. The molecular weight excluding hydrogens is 645 g/mol. The SMILES string of the molecule is CCCCCCCC/C=C\CCCCCCCCOC(CCC(F)(F)OP(=O)(O)O)OCCCCCCCC/C=C\CCCCCCCC. The zero-order chi connectivity index (χ0) is 36.2. The number of phosphoric ester groups is 1. The van der Waals surface area contributed by atoms with Crippen LogP contribution in [0.2, 0.25) is 0 Å². The lowest BCUT2D eigenvalue weighted by atomic mass is 10.1. The number of hydrogen-bond donors (Lipinski definition) is 2. The van der Waals surface area contributed by atoms with Crippen LogP contribution in [0.4, 0.5) is 8.78 Å². The summed E-state index contributed by atoms with van der Waals surface area (Å²) in [5.74, 6) is 0. The molecule has 0 atom stereocenters. The van der Waals surface area contributed by atoms with E-state index in [9.17, 15) is 13.3 Å². The molecule has 0 unspecified atom stereocenters. The Balaban J connectivity index is 4.04. The number of alkyl halides is 2. The third-order valence-corrected chi connectivity index (χ3v) is 9.35. The Morgan fingerprint density at radius 1 is 0.531 bits per heavy atom. The zero-order valence-corrected chi connectivity index (χ0v) is 32.6. The van der Waals surface area contributed by atoms with Gasteiger partial charge in [-0.2, -0.15) is 8.78 Å². The Bertz CT molecular complexity index is 745. The van der Waals surface area contributed by atoms with Crippen molar-refractivity contribution in [1.82, 2.24) is 0 Å². The summed E-state index contributed by atoms with van der Waals surface area (Å²) in [5, 5.41) is 0. The quantitative estimate of drug-likeness (QED) is 0.0284. The Morgan fingerprint density at radius 3 is 1.16 bits per heavy atom. The standard InChI is InChI=1S/C40H77F2O6P/c1-3-5-7-9-11-13-15-17-19-21-23-25-27-29-31-33-37-46-39(35-36-40(41,42)48-49(43,44)45)47-38-34-32-30-28-26-24-22-20-18-16-14-12-10-8-6-4-2/h17-20,39H,3-16,21-38H2,1-2H3,(H2,43,44,45)/b19-17-,20-18-. The van der Waals surface area contributed by atoms with E-state index in [4.69, 9.17) is 19.3 Å². The smallest absolute Gasteiger partial charge is 0.353 e. The second kappa shape index (κ2) is 35.8. The van der Waals surface area contributed by atoms with Gasteiger partial charge < -0.3 is 19.3 Å². The number of phosphoric acid groups is 1. The molecule has 9 heteroatoms. The van der Waals surface area contributed by atoms with Gasteiger partial charge in [-0.25, -0.2) is 9.09 Å². The van der Waals surface area contributed by atoms with E-state index in [0.717, 1.165) is 51.4 Å². The molecule has 0 rings (SSSR count). The topological polar surface area (TPSA) is 85.2 Å². The van der Waals surface area contributed by atoms with E-state index in [1.807, 2.05) is 0 Å². The van der Waals surface area contributed by atoms with Gasteiger partial charge in [0.25, 0.3) is 0 Å². The first-order valence-electron chi connectivity index (χ1n) is 20.4. The van der Waals surface area contributed by atoms with Crippen LogP contribution < -0.4 is 0 Å². The van der Waals surface area contributed by atoms with E-state index in [-0.39, 0.29) is 6.42 Å². The second-order valence-electron chi connectivity index (χ2n) is 13.8. The molecular formula is C40H77F2O6P. The van der Waals surface area contributed by atoms with E-state index in [1.165, 1.54) is 128 Å². The summed E-state index contributed by atoms with van der Waals surface area (Å²) >= 11 is 0. The molecule has 0 fully saturated rings. The monoisotopic (exact) mass is 723 g/mol. The fourth-order valence-electron chi connectivity index (χ4n) is 5.85. The van der Waals surface area contributed by atoms with E-state index >= 15 is 0 Å². The second-order valence-corrected chi connectivity index (χ2v) is 15.0. The molecule has 0 bridgehead atoms. The normalized spacial score (nSPS) is 12.8. The lowest BCUT2D eigenvalue weighted by Gasteiger charge is -2.22. The van der Waals surface area contributed by atoms with E-state index in [2.05, 4.69) is 42.7 Å². The zero-order valence-electron chi connectivity index (χ0n) is 31.7. The van der Waals surface area contributed by atoms with Gasteiger partial charge in [0.2, 0.25) is 0 Å². The summed E-state index contributed by atoms with van der Waals surface area (Å²) in [6.07, 6.45) is 37.3. The van der Waals surface area contributed by atoms with Crippen molar-refractivity contribution in [3.63, 3.8) is 0 Å². The van der Waals surface area contributed by atoms with Crippen molar-refractivity contribution in [2.45, 2.75) is 219 Å². The molecule has 49 heavy (non-hydrogen) atoms. The lowest BCUT2D eigenvalue weighted by Crippen LogP contribution is -2.25. The average molecular weight is 723 g/mol. The van der Waals surface area contributed by atoms with E-state index in [1.54, 1.807) is 0 Å². The molecule has 0 heterocycles. The summed E-state index contributed by atoms with van der Waals surface area (Å²) in [7, 11) is -5.30. The highest BCUT2D eigenvalue weighted by Gasteiger charge is 2.38. The molecule has 0 saturated heterocycles. The summed E-state index contributed by atoms with van der Waals surface area (Å²) < 4.78 is 54.0. The number of hydrogen-bond acceptors (Lipinski definition) is 4. The molecule has 0 aromatic rings. The third kappa shape index (κ3) is 40.0. The predicted molar refractivity (Wildman–Crippen MR) is 202 cm³/mol. The van der Waals surface area contributed by atoms with E-state index < -0.39 is 26.6 Å². The Kier molecular flexibility index (Phi) is 35.3. The maximum Gasteiger partial charge on any atom is 0.474 e. The van der Waals surface area contributed by atoms with Gasteiger partial charge >= 0.3 is 13.9 Å². The molecule has 0 aromatic carbocycles. The van der Waals surface area contributed by atoms with Crippen LogP contribution in [0, 0.1) is 0 Å². The summed E-state index contributed by atoms with van der Waals surface area (Å²) in [6, 6.07) is 0. The van der Waals surface area contributed by atoms with Crippen molar-refractivity contribution in [2.24, 2.45) is 0 Å². The van der Waals surface area contributed by atoms with Gasteiger partial charge in [-0.1, -0.05) is 154 Å². The largest absolute Gasteiger partial charge is 0.474 e. The third-order valence-electron chi connectivity index (χ3n) is 8.84. The maximum atomic E-state index is 13.9. The van der Waals surface area contributed by atoms with Crippen molar-refractivity contribution >= 4 is 7.82 Å². The minimum atomic E-state index is -5.30. The first-order chi connectivity index (χ1) is 23.7. The van der Waals surface area contributed by atoms with Crippen molar-refractivity contribution in [1.29, 1.82) is 0 Å². The van der Waals surface area contributed by atoms with Crippen molar-refractivity contribution < 1.29 is 37.1 Å². The average Bonchev–Trinajstić information content (AvgIpc) is 3.05. The molecule has 0 aliphatic heterocycles. The number of ether oxygens (including phenoxy) is 2. The molecule has 2 N–H and O–H groups in total. The summed E-state index contributed by atoms with van der Waals surface area (Å²) in [5.41, 5.74) is 0. The van der Waals surface area contributed by atoms with E-state index in [0.29, 0.717) is 13.2 Å². The van der Waals surface area contributed by atoms with Gasteiger partial charge in [0.05, 0.1) is 0 Å². The van der Waals surface area contributed by atoms with Crippen LogP contribution in [0.15, 0.2) is 24.3 Å². The van der Waals surface area contributed by atoms with Crippen LogP contribution in [0.5, 0.6) is 0 Å². The van der Waals surface area contributed by atoms with Crippen molar-refractivity contribution in [3.05, 3.63) is 24.3 Å². The summed E-state index contributed by atoms with van der Waals surface area (Å²) in [4.78, 5) is 17.6. The highest BCUT2D eigenvalue weighted by Crippen LogP contribution is 2.44. The maximum absolute atomic E-state index is 13.9. The minimum absolute atomic E-state index is 0.203. The number of allylic oxidation sites excluding steroid dienone is 4. The van der Waals surface area contributed by atoms with Gasteiger partial charge in [-0.3, -0.25) is 0 Å². The Hall–Kier alpha value is -0.630. The Labute approximate surface area is 300 Å². The first kappa shape index (κ1) is 48.4. The molecule has 0 amide bonds. The van der Waals surface area contributed by atoms with Crippen LogP contribution >= 0.6 is 7.82 Å². The highest BCUT2D eigenvalue weighted by atomic mass is 31.2. The van der Waals surface area contributed by atoms with Crippen LogP contribution in [0.25, 0.3) is 0 Å². The van der Waals surface area contributed by atoms with Crippen LogP contribution in [0.1, 0.15) is 206 Å². The number of unbranched alkanes of at least 4 members (excludes halogenated alkanes) is 24. The van der Waals surface area contributed by atoms with Crippen molar-refractivity contribution in [3.8, 4) is 0 Å². The van der Waals surface area contributed by atoms with Crippen LogP contribution in [-0.2, 0) is 18.6 Å². The minimum Gasteiger partial charge on any atom is -0.353 e. The van der Waals surface area contributed by atoms with Gasteiger partial charge in [0, 0.05) is 26.1 Å². The number of halogens is 2. The predicted octanol–water partition coefficient (Wildman–Crippen LogP) is 13.9. The van der Waals surface area contributed by atoms with Gasteiger partial charge in [-0.15, -0.1) is 0 Å². The van der Waals surface area contributed by atoms with Crippen LogP contribution in [-0.4, -0.2) is 35.4 Å². The van der Waals surface area contributed by atoms with Crippen molar-refractivity contribution in [2.75, 3.05) is 13.2 Å². The first-order valence-corrected chi connectivity index (χ1v) is 21.9. The molecule has 6 nitrogen and oxygen atoms in total. The molecule has 292 valence electrons. The van der Waals surface area contributed by atoms with Crippen LogP contribution in [0.3, 0.4) is 0 Å². The fraction of sp³-hybridized carbons (Fsp3) is 0.900.